The number of aromatic nitrogens is 1. The van der Waals surface area contributed by atoms with Crippen LogP contribution in [0, 0.1) is 11.6 Å². The summed E-state index contributed by atoms with van der Waals surface area (Å²) in [6.07, 6.45) is 1.64. The lowest BCUT2D eigenvalue weighted by atomic mass is 10.1. The van der Waals surface area contributed by atoms with E-state index in [1.807, 2.05) is 24.3 Å². The number of rotatable bonds is 3. The van der Waals surface area contributed by atoms with Gasteiger partial charge in [0.2, 0.25) is 10.0 Å². The number of benzene rings is 2. The van der Waals surface area contributed by atoms with Crippen LogP contribution in [0.3, 0.4) is 0 Å². The molecule has 1 fully saturated rings. The molecule has 1 aliphatic heterocycles. The van der Waals surface area contributed by atoms with E-state index in [1.165, 1.54) is 0 Å². The molecule has 2 heterocycles. The first-order valence-electron chi connectivity index (χ1n) is 8.68. The number of nitrogens with zero attached hydrogens (tertiary/aromatic N) is 2. The van der Waals surface area contributed by atoms with Gasteiger partial charge >= 0.3 is 0 Å². The van der Waals surface area contributed by atoms with Gasteiger partial charge in [0.05, 0.1) is 5.56 Å². The van der Waals surface area contributed by atoms with E-state index in [2.05, 4.69) is 4.98 Å². The highest BCUT2D eigenvalue weighted by atomic mass is 32.2. The third-order valence-electron chi connectivity index (χ3n) is 4.86. The maximum absolute atomic E-state index is 13.9. The summed E-state index contributed by atoms with van der Waals surface area (Å²) in [4.78, 5) is 16.7. The first-order valence-corrected chi connectivity index (χ1v) is 10.1. The number of sulfonamides is 1. The number of nitrogens with one attached hydrogen (secondary N) is 1. The molecule has 0 atom stereocenters. The van der Waals surface area contributed by atoms with Gasteiger partial charge < -0.3 is 9.88 Å². The van der Waals surface area contributed by atoms with Crippen LogP contribution in [-0.2, 0) is 10.0 Å². The smallest absolute Gasteiger partial charge is 0.256 e. The molecule has 9 heteroatoms. The number of para-hydroxylation sites is 1. The molecule has 0 saturated carbocycles. The molecule has 1 aromatic heterocycles. The zero-order valence-electron chi connectivity index (χ0n) is 14.7. The van der Waals surface area contributed by atoms with Gasteiger partial charge in [0.25, 0.3) is 5.91 Å². The van der Waals surface area contributed by atoms with Gasteiger partial charge in [-0.2, -0.15) is 4.31 Å². The van der Waals surface area contributed by atoms with E-state index in [4.69, 9.17) is 0 Å². The van der Waals surface area contributed by atoms with E-state index in [0.29, 0.717) is 11.6 Å². The summed E-state index contributed by atoms with van der Waals surface area (Å²) in [5.74, 6) is -2.03. The third-order valence-corrected chi connectivity index (χ3v) is 6.77. The molecule has 6 nitrogen and oxygen atoms in total. The molecule has 0 aliphatic carbocycles. The van der Waals surface area contributed by atoms with Crippen molar-refractivity contribution in [1.82, 2.24) is 14.2 Å². The Morgan fingerprint density at radius 2 is 1.71 bits per heavy atom. The zero-order valence-corrected chi connectivity index (χ0v) is 15.5. The maximum atomic E-state index is 13.9. The van der Waals surface area contributed by atoms with Gasteiger partial charge in [-0.05, 0) is 24.3 Å². The summed E-state index contributed by atoms with van der Waals surface area (Å²) in [7, 11) is -4.18. The number of carbonyl (C=O) groups excluding carboxylic acids is 1. The van der Waals surface area contributed by atoms with Crippen LogP contribution in [0.25, 0.3) is 10.9 Å². The summed E-state index contributed by atoms with van der Waals surface area (Å²) in [6, 6.07) is 9.74. The van der Waals surface area contributed by atoms with Crippen LogP contribution in [0.15, 0.2) is 53.6 Å². The van der Waals surface area contributed by atoms with E-state index in [9.17, 15) is 22.0 Å². The molecule has 1 aliphatic rings. The van der Waals surface area contributed by atoms with Crippen LogP contribution in [0.5, 0.6) is 0 Å². The largest absolute Gasteiger partial charge is 0.360 e. The van der Waals surface area contributed by atoms with Crippen molar-refractivity contribution in [3.8, 4) is 0 Å². The number of piperazine rings is 1. The number of fused-ring (bicyclic) bond motifs is 1. The average molecular weight is 405 g/mol. The second-order valence-electron chi connectivity index (χ2n) is 6.52. The number of hydrogen-bond donors (Lipinski definition) is 1. The van der Waals surface area contributed by atoms with Crippen LogP contribution >= 0.6 is 0 Å². The van der Waals surface area contributed by atoms with Crippen LogP contribution in [0.1, 0.15) is 10.4 Å². The summed E-state index contributed by atoms with van der Waals surface area (Å²) in [6.45, 7) is 0.335. The zero-order chi connectivity index (χ0) is 19.9. The minimum atomic E-state index is -4.18. The lowest BCUT2D eigenvalue weighted by molar-refractivity contribution is 0.0699. The second kappa shape index (κ2) is 6.99. The highest BCUT2D eigenvalue weighted by Gasteiger charge is 2.32. The summed E-state index contributed by atoms with van der Waals surface area (Å²) in [5, 5.41) is 0.796. The lowest BCUT2D eigenvalue weighted by Gasteiger charge is -2.34. The fourth-order valence-corrected chi connectivity index (χ4v) is 4.86. The molecule has 0 bridgehead atoms. The van der Waals surface area contributed by atoms with E-state index in [1.54, 1.807) is 11.1 Å². The number of aromatic amines is 1. The summed E-state index contributed by atoms with van der Waals surface area (Å²) >= 11 is 0. The Morgan fingerprint density at radius 1 is 1.00 bits per heavy atom. The molecule has 28 heavy (non-hydrogen) atoms. The minimum Gasteiger partial charge on any atom is -0.360 e. The van der Waals surface area contributed by atoms with Gasteiger partial charge in [-0.25, -0.2) is 17.2 Å². The first-order chi connectivity index (χ1) is 13.4. The SMILES string of the molecule is O=C(c1c[nH]c2ccccc12)N1CCN(S(=O)(=O)c2cc(F)ccc2F)CC1. The van der Waals surface area contributed by atoms with Gasteiger partial charge in [-0.15, -0.1) is 0 Å². The number of carbonyl (C=O) groups is 1. The van der Waals surface area contributed by atoms with Crippen molar-refractivity contribution in [2.75, 3.05) is 26.2 Å². The molecular weight excluding hydrogens is 388 g/mol. The monoisotopic (exact) mass is 405 g/mol. The van der Waals surface area contributed by atoms with Crippen molar-refractivity contribution in [2.45, 2.75) is 4.90 Å². The topological polar surface area (TPSA) is 73.5 Å². The van der Waals surface area contributed by atoms with Gasteiger partial charge in [0, 0.05) is 43.3 Å². The van der Waals surface area contributed by atoms with E-state index >= 15 is 0 Å². The Balaban J connectivity index is 1.51. The Bertz CT molecular complexity index is 1150. The molecule has 4 rings (SSSR count). The predicted octanol–water partition coefficient (Wildman–Crippen LogP) is 2.59. The van der Waals surface area contributed by atoms with Crippen molar-refractivity contribution < 1.29 is 22.0 Å². The van der Waals surface area contributed by atoms with Gasteiger partial charge in [-0.1, -0.05) is 18.2 Å². The molecule has 0 unspecified atom stereocenters. The molecule has 1 N–H and O–H groups in total. The fourth-order valence-electron chi connectivity index (χ4n) is 3.36. The minimum absolute atomic E-state index is 0.00633. The molecule has 1 saturated heterocycles. The van der Waals surface area contributed by atoms with E-state index < -0.39 is 26.6 Å². The molecule has 3 aromatic rings. The fraction of sp³-hybridized carbons (Fsp3) is 0.211. The highest BCUT2D eigenvalue weighted by Crippen LogP contribution is 2.24. The molecule has 2 aromatic carbocycles. The number of amides is 1. The van der Waals surface area contributed by atoms with Crippen molar-refractivity contribution in [3.63, 3.8) is 0 Å². The highest BCUT2D eigenvalue weighted by molar-refractivity contribution is 7.89. The van der Waals surface area contributed by atoms with Gasteiger partial charge in [-0.3, -0.25) is 4.79 Å². The average Bonchev–Trinajstić information content (AvgIpc) is 3.13. The Morgan fingerprint density at radius 3 is 2.46 bits per heavy atom. The number of halogens is 2. The Hall–Kier alpha value is -2.78. The molecular formula is C19H17F2N3O3S. The Labute approximate surface area is 160 Å². The third kappa shape index (κ3) is 3.16. The lowest BCUT2D eigenvalue weighted by Crippen LogP contribution is -2.50. The van der Waals surface area contributed by atoms with Crippen LogP contribution in [0.2, 0.25) is 0 Å². The van der Waals surface area contributed by atoms with Gasteiger partial charge in [0.15, 0.2) is 0 Å². The normalized spacial score (nSPS) is 15.9. The van der Waals surface area contributed by atoms with Crippen molar-refractivity contribution in [2.24, 2.45) is 0 Å². The molecule has 0 radical (unpaired) electrons. The molecule has 146 valence electrons. The summed E-state index contributed by atoms with van der Waals surface area (Å²) in [5.41, 5.74) is 1.36. The van der Waals surface area contributed by atoms with Gasteiger partial charge in [0.1, 0.15) is 16.5 Å². The van der Waals surface area contributed by atoms with Crippen LogP contribution < -0.4 is 0 Å². The van der Waals surface area contributed by atoms with Crippen LogP contribution in [-0.4, -0.2) is 54.7 Å². The number of H-pyrrole nitrogens is 1. The standard InChI is InChI=1S/C19H17F2N3O3S/c20-13-5-6-16(21)18(11-13)28(26,27)24-9-7-23(8-10-24)19(25)15-12-22-17-4-2-1-3-14(15)17/h1-6,11-12,22H,7-10H2. The summed E-state index contributed by atoms with van der Waals surface area (Å²) < 4.78 is 53.7. The number of hydrogen-bond acceptors (Lipinski definition) is 3. The van der Waals surface area contributed by atoms with Crippen molar-refractivity contribution in [1.29, 1.82) is 0 Å². The second-order valence-corrected chi connectivity index (χ2v) is 8.43. The van der Waals surface area contributed by atoms with E-state index in [-0.39, 0.29) is 32.1 Å². The Kier molecular flexibility index (Phi) is 4.64. The predicted molar refractivity (Wildman–Crippen MR) is 99.3 cm³/mol. The van der Waals surface area contributed by atoms with Crippen LogP contribution in [0.4, 0.5) is 8.78 Å². The quantitative estimate of drug-likeness (QED) is 0.728. The maximum Gasteiger partial charge on any atom is 0.256 e. The molecule has 1 amide bonds. The van der Waals surface area contributed by atoms with Crippen molar-refractivity contribution >= 4 is 26.8 Å². The first kappa shape index (κ1) is 18.6. The van der Waals surface area contributed by atoms with Crippen molar-refractivity contribution in [3.05, 3.63) is 65.9 Å². The van der Waals surface area contributed by atoms with E-state index in [0.717, 1.165) is 27.3 Å². The molecule has 0 spiro atoms.